The minimum Gasteiger partial charge on any atom is -0.441 e. The number of halogens is 4. The Labute approximate surface area is 167 Å². The number of nitrogens with one attached hydrogen (secondary N) is 3. The maximum absolute atomic E-state index is 14.7. The van der Waals surface area contributed by atoms with E-state index in [0.717, 1.165) is 6.07 Å². The van der Waals surface area contributed by atoms with E-state index in [1.165, 1.54) is 12.5 Å². The van der Waals surface area contributed by atoms with Crippen molar-refractivity contribution in [3.05, 3.63) is 47.4 Å². The van der Waals surface area contributed by atoms with Crippen molar-refractivity contribution in [1.82, 2.24) is 15.6 Å². The molecule has 4 rings (SSSR count). The van der Waals surface area contributed by atoms with Crippen LogP contribution < -0.4 is 16.0 Å². The second-order valence-corrected chi connectivity index (χ2v) is 6.88. The lowest BCUT2D eigenvalue weighted by Crippen LogP contribution is -2.59. The molecule has 1 aromatic carbocycles. The molecule has 3 N–H and O–H groups in total. The van der Waals surface area contributed by atoms with E-state index in [1.54, 1.807) is 0 Å². The quantitative estimate of drug-likeness (QED) is 0.523. The fraction of sp³-hybridized carbons (Fsp3) is 0.316. The summed E-state index contributed by atoms with van der Waals surface area (Å²) in [7, 11) is 0. The summed E-state index contributed by atoms with van der Waals surface area (Å²) < 4.78 is 61.5. The van der Waals surface area contributed by atoms with Gasteiger partial charge in [0.2, 0.25) is 5.54 Å². The Bertz CT molecular complexity index is 1070. The molecule has 0 saturated heterocycles. The van der Waals surface area contributed by atoms with Crippen LogP contribution in [0.1, 0.15) is 34.7 Å². The van der Waals surface area contributed by atoms with Gasteiger partial charge in [0.05, 0.1) is 6.20 Å². The van der Waals surface area contributed by atoms with Gasteiger partial charge in [0.1, 0.15) is 12.1 Å². The summed E-state index contributed by atoms with van der Waals surface area (Å²) in [6.45, 7) is -0.365. The summed E-state index contributed by atoms with van der Waals surface area (Å²) >= 11 is 0. The van der Waals surface area contributed by atoms with Gasteiger partial charge in [-0.15, -0.1) is 0 Å². The normalized spacial score (nSPS) is 20.3. The number of fused-ring (bicyclic) bond motifs is 1. The minimum absolute atomic E-state index is 0.137. The molecule has 1 fully saturated rings. The first-order chi connectivity index (χ1) is 14.2. The van der Waals surface area contributed by atoms with E-state index in [-0.39, 0.29) is 29.6 Å². The van der Waals surface area contributed by atoms with Gasteiger partial charge >= 0.3 is 18.1 Å². The third-order valence-electron chi connectivity index (χ3n) is 4.67. The molecule has 1 atom stereocenters. The average molecular weight is 422 g/mol. The second-order valence-electron chi connectivity index (χ2n) is 6.88. The molecular weight excluding hydrogens is 408 g/mol. The van der Waals surface area contributed by atoms with Crippen LogP contribution >= 0.6 is 0 Å². The van der Waals surface area contributed by atoms with E-state index >= 15 is 0 Å². The number of amides is 3. The molecule has 0 spiro atoms. The van der Waals surface area contributed by atoms with Crippen molar-refractivity contribution in [1.29, 1.82) is 0 Å². The molecule has 7 nitrogen and oxygen atoms in total. The number of hydrogen-bond donors (Lipinski definition) is 3. The van der Waals surface area contributed by atoms with Gasteiger partial charge in [-0.25, -0.2) is 14.2 Å². The van der Waals surface area contributed by atoms with Crippen molar-refractivity contribution in [2.45, 2.75) is 31.1 Å². The van der Waals surface area contributed by atoms with Crippen molar-refractivity contribution in [3.63, 3.8) is 0 Å². The number of alkyl halides is 3. The Hall–Kier alpha value is -3.55. The van der Waals surface area contributed by atoms with Gasteiger partial charge in [0, 0.05) is 29.3 Å². The maximum atomic E-state index is 14.7. The van der Waals surface area contributed by atoms with E-state index < -0.39 is 35.0 Å². The topological polar surface area (TPSA) is 96.3 Å². The highest BCUT2D eigenvalue weighted by molar-refractivity contribution is 5.95. The molecule has 30 heavy (non-hydrogen) atoms. The third-order valence-corrected chi connectivity index (χ3v) is 4.67. The van der Waals surface area contributed by atoms with E-state index in [4.69, 9.17) is 4.42 Å². The van der Waals surface area contributed by atoms with E-state index in [1.807, 2.05) is 5.32 Å². The van der Waals surface area contributed by atoms with Gasteiger partial charge in [0.25, 0.3) is 5.89 Å². The van der Waals surface area contributed by atoms with Crippen LogP contribution in [0.25, 0.3) is 0 Å². The van der Waals surface area contributed by atoms with Crippen LogP contribution in [0, 0.1) is 23.6 Å². The molecule has 11 heteroatoms. The lowest BCUT2D eigenvalue weighted by molar-refractivity contribution is -0.178. The molecule has 1 aromatic heterocycles. The lowest BCUT2D eigenvalue weighted by Gasteiger charge is -2.37. The van der Waals surface area contributed by atoms with Gasteiger partial charge in [0.15, 0.2) is 0 Å². The van der Waals surface area contributed by atoms with Crippen molar-refractivity contribution in [3.8, 4) is 11.8 Å². The lowest BCUT2D eigenvalue weighted by atomic mass is 9.85. The second kappa shape index (κ2) is 7.05. The fourth-order valence-electron chi connectivity index (χ4n) is 2.98. The molecule has 2 heterocycles. The average Bonchev–Trinajstić information content (AvgIpc) is 3.34. The van der Waals surface area contributed by atoms with Crippen LogP contribution in [0.2, 0.25) is 0 Å². The predicted octanol–water partition coefficient (Wildman–Crippen LogP) is 3.05. The van der Waals surface area contributed by atoms with E-state index in [9.17, 15) is 27.2 Å². The summed E-state index contributed by atoms with van der Waals surface area (Å²) in [5, 5.41) is 6.41. The van der Waals surface area contributed by atoms with Gasteiger partial charge in [-0.3, -0.25) is 4.79 Å². The summed E-state index contributed by atoms with van der Waals surface area (Å²) in [4.78, 5) is 27.5. The number of nitrogens with zero attached hydrogens (tertiary/aromatic N) is 1. The largest absolute Gasteiger partial charge is 0.441 e. The molecule has 2 aliphatic rings. The molecular formula is C19H14F4N4O3. The summed E-state index contributed by atoms with van der Waals surface area (Å²) in [5.74, 6) is 2.49. The summed E-state index contributed by atoms with van der Waals surface area (Å²) in [6.07, 6.45) is -1.21. The van der Waals surface area contributed by atoms with Gasteiger partial charge in [-0.05, 0) is 25.0 Å². The Morgan fingerprint density at radius 3 is 2.77 bits per heavy atom. The van der Waals surface area contributed by atoms with E-state index in [0.29, 0.717) is 18.9 Å². The van der Waals surface area contributed by atoms with Gasteiger partial charge in [-0.2, -0.15) is 13.2 Å². The SMILES string of the molecule is O=C1Nc2cc(CNC(=O)c3ncco3)c(F)cc2C(C#CC2CC2)(C(F)(F)F)N1. The van der Waals surface area contributed by atoms with Crippen LogP contribution in [0.3, 0.4) is 0 Å². The van der Waals surface area contributed by atoms with Gasteiger partial charge in [-0.1, -0.05) is 11.8 Å². The first-order valence-electron chi connectivity index (χ1n) is 8.89. The van der Waals surface area contributed by atoms with E-state index in [2.05, 4.69) is 27.5 Å². The Morgan fingerprint density at radius 1 is 1.37 bits per heavy atom. The number of carbonyl (C=O) groups is 2. The van der Waals surface area contributed by atoms with Gasteiger partial charge < -0.3 is 20.4 Å². The molecule has 0 bridgehead atoms. The number of aromatic nitrogens is 1. The number of hydrogen-bond acceptors (Lipinski definition) is 4. The monoisotopic (exact) mass is 422 g/mol. The number of oxazole rings is 1. The molecule has 2 aromatic rings. The zero-order chi connectivity index (χ0) is 21.5. The Morgan fingerprint density at radius 2 is 2.13 bits per heavy atom. The molecule has 0 radical (unpaired) electrons. The first kappa shape index (κ1) is 19.8. The van der Waals surface area contributed by atoms with Crippen molar-refractivity contribution >= 4 is 17.6 Å². The predicted molar refractivity (Wildman–Crippen MR) is 94.5 cm³/mol. The summed E-state index contributed by atoms with van der Waals surface area (Å²) in [6, 6.07) is 0.591. The number of rotatable bonds is 3. The zero-order valence-electron chi connectivity index (χ0n) is 15.2. The number of carbonyl (C=O) groups excluding carboxylic acids is 2. The molecule has 156 valence electrons. The first-order valence-corrected chi connectivity index (χ1v) is 8.89. The number of urea groups is 1. The van der Waals surface area contributed by atoms with Crippen LogP contribution in [0.4, 0.5) is 28.0 Å². The number of anilines is 1. The van der Waals surface area contributed by atoms with Crippen molar-refractivity contribution < 1.29 is 31.6 Å². The van der Waals surface area contributed by atoms with Crippen LogP contribution in [-0.4, -0.2) is 23.1 Å². The number of benzene rings is 1. The molecule has 1 aliphatic heterocycles. The minimum atomic E-state index is -4.99. The highest BCUT2D eigenvalue weighted by atomic mass is 19.4. The molecule has 1 aliphatic carbocycles. The van der Waals surface area contributed by atoms with Crippen LogP contribution in [-0.2, 0) is 12.1 Å². The fourth-order valence-corrected chi connectivity index (χ4v) is 2.98. The Balaban J connectivity index is 1.70. The maximum Gasteiger partial charge on any atom is 0.427 e. The smallest absolute Gasteiger partial charge is 0.427 e. The summed E-state index contributed by atoms with van der Waals surface area (Å²) in [5.41, 5.74) is -3.97. The highest BCUT2D eigenvalue weighted by Gasteiger charge is 2.59. The highest BCUT2D eigenvalue weighted by Crippen LogP contribution is 2.45. The molecule has 3 amide bonds. The molecule has 1 saturated carbocycles. The van der Waals surface area contributed by atoms with Crippen LogP contribution in [0.15, 0.2) is 29.0 Å². The zero-order valence-corrected chi connectivity index (χ0v) is 15.2. The standard InChI is InChI=1S/C19H14F4N4O3/c20-13-8-12-14(7-11(13)9-25-15(28)16-24-5-6-30-16)26-17(29)27-18(12,19(21,22)23)4-3-10-1-2-10/h5-8,10H,1-2,9H2,(H,25,28)(H2,26,27,29). The van der Waals surface area contributed by atoms with Crippen molar-refractivity contribution in [2.75, 3.05) is 5.32 Å². The Kier molecular flexibility index (Phi) is 4.64. The van der Waals surface area contributed by atoms with Crippen LogP contribution in [0.5, 0.6) is 0 Å². The molecule has 1 unspecified atom stereocenters. The third kappa shape index (κ3) is 3.56. The van der Waals surface area contributed by atoms with Crippen molar-refractivity contribution in [2.24, 2.45) is 5.92 Å².